The minimum absolute atomic E-state index is 0.0371. The molecule has 1 aromatic carbocycles. The van der Waals surface area contributed by atoms with E-state index in [1.54, 1.807) is 0 Å². The first-order valence-electron chi connectivity index (χ1n) is 5.02. The van der Waals surface area contributed by atoms with Crippen molar-refractivity contribution in [2.24, 2.45) is 0 Å². The Morgan fingerprint density at radius 2 is 2.06 bits per heavy atom. The topological polar surface area (TPSA) is 82.4 Å². The average Bonchev–Trinajstić information content (AvgIpc) is 2.35. The van der Waals surface area contributed by atoms with Crippen molar-refractivity contribution in [1.82, 2.24) is 4.98 Å². The number of nitrogens with zero attached hydrogens (tertiary/aromatic N) is 2. The van der Waals surface area contributed by atoms with Crippen LogP contribution in [0.2, 0.25) is 0 Å². The van der Waals surface area contributed by atoms with Crippen LogP contribution in [0.5, 0.6) is 0 Å². The van der Waals surface area contributed by atoms with Gasteiger partial charge in [0.25, 0.3) is 5.43 Å². The molecule has 0 amide bonds. The lowest BCUT2D eigenvalue weighted by Crippen LogP contribution is -2.25. The van der Waals surface area contributed by atoms with Gasteiger partial charge in [-0.25, -0.2) is 0 Å². The number of aromatic amines is 1. The second-order valence-electron chi connectivity index (χ2n) is 3.64. The van der Waals surface area contributed by atoms with Gasteiger partial charge in [-0.05, 0) is 12.1 Å². The zero-order chi connectivity index (χ0) is 11.8. The maximum atomic E-state index is 11.5. The Hall–Kier alpha value is -2.65. The first-order valence-corrected chi connectivity index (χ1v) is 5.02. The van der Waals surface area contributed by atoms with Gasteiger partial charge in [0.05, 0.1) is 17.3 Å². The van der Waals surface area contributed by atoms with Crippen LogP contribution in [0.1, 0.15) is 0 Å². The Labute approximate surface area is 94.9 Å². The molecule has 1 N–H and O–H groups in total. The van der Waals surface area contributed by atoms with Crippen molar-refractivity contribution in [3.63, 3.8) is 0 Å². The highest BCUT2D eigenvalue weighted by atomic mass is 16.3. The maximum absolute atomic E-state index is 11.5. The Kier molecular flexibility index (Phi) is 1.93. The maximum Gasteiger partial charge on any atom is 0.365 e. The van der Waals surface area contributed by atoms with Crippen LogP contribution in [0.25, 0.3) is 28.1 Å². The van der Waals surface area contributed by atoms with Crippen molar-refractivity contribution in [3.8, 4) is 11.5 Å². The minimum atomic E-state index is -0.360. The third kappa shape index (κ3) is 1.46. The quantitative estimate of drug-likeness (QED) is 0.356. The SMILES string of the molecule is [N-]=[N+]=c1cc2oc3ccccc3[nH]c-2cc1=O. The van der Waals surface area contributed by atoms with Crippen LogP contribution in [-0.4, -0.2) is 9.77 Å². The van der Waals surface area contributed by atoms with Crippen molar-refractivity contribution in [1.29, 1.82) is 0 Å². The number of nitrogens with one attached hydrogen (secondary N) is 1. The van der Waals surface area contributed by atoms with Gasteiger partial charge in [0.15, 0.2) is 11.3 Å². The largest absolute Gasteiger partial charge is 0.453 e. The zero-order valence-corrected chi connectivity index (χ0v) is 8.68. The van der Waals surface area contributed by atoms with Crippen LogP contribution in [-0.2, 0) is 0 Å². The van der Waals surface area contributed by atoms with E-state index in [-0.39, 0.29) is 10.8 Å². The molecule has 0 radical (unpaired) electrons. The lowest BCUT2D eigenvalue weighted by Gasteiger charge is -2.05. The number of hydrogen-bond donors (Lipinski definition) is 1. The summed E-state index contributed by atoms with van der Waals surface area (Å²) in [5.41, 5.74) is 10.3. The summed E-state index contributed by atoms with van der Waals surface area (Å²) in [6.07, 6.45) is 0. The van der Waals surface area contributed by atoms with Crippen LogP contribution in [0.3, 0.4) is 0 Å². The number of rotatable bonds is 0. The summed E-state index contributed by atoms with van der Waals surface area (Å²) in [6, 6.07) is 10.1. The molecule has 0 aromatic heterocycles. The summed E-state index contributed by atoms with van der Waals surface area (Å²) in [5.74, 6) is 0.469. The van der Waals surface area contributed by atoms with Crippen molar-refractivity contribution in [3.05, 3.63) is 57.5 Å². The van der Waals surface area contributed by atoms with E-state index in [1.165, 1.54) is 12.1 Å². The Bertz CT molecular complexity index is 825. The molecular formula is C12H7N3O2. The van der Waals surface area contributed by atoms with E-state index < -0.39 is 0 Å². The van der Waals surface area contributed by atoms with Gasteiger partial charge in [-0.3, -0.25) is 4.79 Å². The van der Waals surface area contributed by atoms with Crippen LogP contribution in [0.4, 0.5) is 0 Å². The van der Waals surface area contributed by atoms with Crippen molar-refractivity contribution >= 4 is 11.1 Å². The predicted octanol–water partition coefficient (Wildman–Crippen LogP) is 1.36. The number of para-hydroxylation sites is 2. The summed E-state index contributed by atoms with van der Waals surface area (Å²) >= 11 is 0. The molecule has 1 aliphatic carbocycles. The monoisotopic (exact) mass is 225 g/mol. The molecule has 5 nitrogen and oxygen atoms in total. The number of H-pyrrole nitrogens is 1. The van der Waals surface area contributed by atoms with E-state index in [1.807, 2.05) is 24.3 Å². The molecule has 1 aromatic rings. The van der Waals surface area contributed by atoms with E-state index in [0.29, 0.717) is 17.0 Å². The fourth-order valence-corrected chi connectivity index (χ4v) is 1.73. The first kappa shape index (κ1) is 9.57. The molecule has 0 unspecified atom stereocenters. The van der Waals surface area contributed by atoms with Crippen molar-refractivity contribution < 1.29 is 9.21 Å². The van der Waals surface area contributed by atoms with Crippen molar-refractivity contribution in [2.45, 2.75) is 0 Å². The summed E-state index contributed by atoms with van der Waals surface area (Å²) in [6.45, 7) is 0. The normalized spacial score (nSPS) is 10.6. The lowest BCUT2D eigenvalue weighted by molar-refractivity contribution is -0.0667. The van der Waals surface area contributed by atoms with E-state index >= 15 is 0 Å². The lowest BCUT2D eigenvalue weighted by atomic mass is 10.2. The molecular weight excluding hydrogens is 218 g/mol. The third-order valence-electron chi connectivity index (χ3n) is 2.55. The molecule has 0 atom stereocenters. The molecule has 0 saturated carbocycles. The molecule has 3 rings (SSSR count). The predicted molar refractivity (Wildman–Crippen MR) is 60.2 cm³/mol. The van der Waals surface area contributed by atoms with Gasteiger partial charge < -0.3 is 14.9 Å². The second-order valence-corrected chi connectivity index (χ2v) is 3.64. The standard InChI is InChI=1S/C12H7N3O2/c13-15-8-6-12-9(5-10(8)16)14-7-3-1-2-4-11(7)17-12/h1-6,14H. The fraction of sp³-hybridized carbons (Fsp3) is 0. The fourth-order valence-electron chi connectivity index (χ4n) is 1.73. The Morgan fingerprint density at radius 1 is 1.24 bits per heavy atom. The van der Waals surface area contributed by atoms with E-state index in [0.717, 1.165) is 5.52 Å². The van der Waals surface area contributed by atoms with E-state index in [2.05, 4.69) is 9.77 Å². The molecule has 82 valence electrons. The highest BCUT2D eigenvalue weighted by Gasteiger charge is 2.12. The summed E-state index contributed by atoms with van der Waals surface area (Å²) in [4.78, 5) is 17.5. The molecule has 0 fully saturated rings. The van der Waals surface area contributed by atoms with Gasteiger partial charge in [0.1, 0.15) is 0 Å². The van der Waals surface area contributed by atoms with Crippen LogP contribution < -0.4 is 10.8 Å². The molecule has 0 spiro atoms. The van der Waals surface area contributed by atoms with Gasteiger partial charge in [0.2, 0.25) is 0 Å². The van der Waals surface area contributed by atoms with Gasteiger partial charge >= 0.3 is 5.36 Å². The summed E-state index contributed by atoms with van der Waals surface area (Å²) < 4.78 is 5.60. The third-order valence-corrected chi connectivity index (χ3v) is 2.55. The first-order chi connectivity index (χ1) is 8.28. The van der Waals surface area contributed by atoms with Gasteiger partial charge in [-0.15, -0.1) is 0 Å². The number of hydrogen-bond acceptors (Lipinski definition) is 2. The summed E-state index contributed by atoms with van der Waals surface area (Å²) in [7, 11) is 0. The average molecular weight is 225 g/mol. The Morgan fingerprint density at radius 3 is 2.88 bits per heavy atom. The second kappa shape index (κ2) is 3.43. The number of aromatic nitrogens is 1. The zero-order valence-electron chi connectivity index (χ0n) is 8.68. The van der Waals surface area contributed by atoms with Crippen LogP contribution in [0, 0.1) is 0 Å². The van der Waals surface area contributed by atoms with Crippen LogP contribution >= 0.6 is 0 Å². The van der Waals surface area contributed by atoms with Gasteiger partial charge in [-0.1, -0.05) is 12.1 Å². The van der Waals surface area contributed by atoms with Gasteiger partial charge in [-0.2, -0.15) is 4.79 Å². The molecule has 17 heavy (non-hydrogen) atoms. The molecule has 1 heterocycles. The smallest absolute Gasteiger partial charge is 0.365 e. The number of fused-ring (bicyclic) bond motifs is 2. The summed E-state index contributed by atoms with van der Waals surface area (Å²) in [5, 5.41) is -0.0371. The molecule has 2 aliphatic rings. The minimum Gasteiger partial charge on any atom is -0.453 e. The molecule has 0 saturated heterocycles. The molecule has 5 heteroatoms. The Balaban J connectivity index is 2.54. The molecule has 1 aliphatic heterocycles. The highest BCUT2D eigenvalue weighted by Crippen LogP contribution is 2.21. The number of benzene rings is 2. The van der Waals surface area contributed by atoms with Crippen LogP contribution in [0.15, 0.2) is 45.6 Å². The van der Waals surface area contributed by atoms with Gasteiger partial charge in [0, 0.05) is 6.07 Å². The van der Waals surface area contributed by atoms with E-state index in [4.69, 9.17) is 9.95 Å². The van der Waals surface area contributed by atoms with Crippen molar-refractivity contribution in [2.75, 3.05) is 0 Å². The van der Waals surface area contributed by atoms with E-state index in [9.17, 15) is 4.79 Å². The highest BCUT2D eigenvalue weighted by molar-refractivity contribution is 5.75. The molecule has 0 bridgehead atoms.